The summed E-state index contributed by atoms with van der Waals surface area (Å²) in [5.41, 5.74) is 5.55. The van der Waals surface area contributed by atoms with Crippen molar-refractivity contribution in [2.24, 2.45) is 5.73 Å². The molecule has 4 amide bonds. The first kappa shape index (κ1) is 20.6. The van der Waals surface area contributed by atoms with Crippen LogP contribution in [-0.4, -0.2) is 40.7 Å². The summed E-state index contributed by atoms with van der Waals surface area (Å²) in [5.74, 6) is -5.12. The predicted molar refractivity (Wildman–Crippen MR) is 98.9 cm³/mol. The number of hydrogen-bond donors (Lipinski definition) is 2. The highest BCUT2D eigenvalue weighted by Crippen LogP contribution is 2.23. The number of nitrogens with zero attached hydrogens (tertiary/aromatic N) is 1. The fourth-order valence-electron chi connectivity index (χ4n) is 2.88. The van der Waals surface area contributed by atoms with E-state index in [0.717, 1.165) is 6.07 Å². The summed E-state index contributed by atoms with van der Waals surface area (Å²) in [5, 5.41) is 2.52. The topological polar surface area (TPSA) is 136 Å². The summed E-state index contributed by atoms with van der Waals surface area (Å²) in [7, 11) is 0. The molecular weight excluding hydrogens is 397 g/mol. The Morgan fingerprint density at radius 3 is 2.23 bits per heavy atom. The number of primary amides is 1. The highest BCUT2D eigenvalue weighted by Gasteiger charge is 2.40. The minimum Gasteiger partial charge on any atom is -0.370 e. The number of carbonyl (C=O) groups excluding carboxylic acids is 5. The number of fused-ring (bicyclic) bond motifs is 1. The van der Waals surface area contributed by atoms with Crippen molar-refractivity contribution >= 4 is 29.6 Å². The maximum Gasteiger partial charge on any atom is 0.355 e. The normalized spacial score (nSPS) is 13.6. The van der Waals surface area contributed by atoms with Gasteiger partial charge in [-0.2, -0.15) is 0 Å². The molecule has 0 saturated carbocycles. The van der Waals surface area contributed by atoms with Gasteiger partial charge in [-0.1, -0.05) is 29.3 Å². The number of hydrogen-bond acceptors (Lipinski definition) is 6. The van der Waals surface area contributed by atoms with Gasteiger partial charge in [0.2, 0.25) is 11.8 Å². The molecule has 10 heteroatoms. The molecule has 3 N–H and O–H groups in total. The number of amides is 4. The molecule has 154 valence electrons. The minimum atomic E-state index is -1.55. The molecule has 0 aromatic heterocycles. The highest BCUT2D eigenvalue weighted by molar-refractivity contribution is 6.21. The van der Waals surface area contributed by atoms with Crippen LogP contribution in [0, 0.1) is 5.82 Å². The van der Waals surface area contributed by atoms with E-state index in [2.05, 4.69) is 5.32 Å². The second kappa shape index (κ2) is 8.52. The zero-order valence-corrected chi connectivity index (χ0v) is 15.5. The molecule has 1 aliphatic rings. The number of benzene rings is 2. The van der Waals surface area contributed by atoms with E-state index in [1.54, 1.807) is 0 Å². The van der Waals surface area contributed by atoms with Gasteiger partial charge in [0.15, 0.2) is 0 Å². The van der Waals surface area contributed by atoms with Crippen LogP contribution in [0.1, 0.15) is 32.7 Å². The van der Waals surface area contributed by atoms with E-state index in [9.17, 15) is 28.4 Å². The SMILES string of the molecule is NC(=O)CC(NC(=O)Cc1cccc(F)c1)C(=O)ON1C(=O)c2ccccc2C1=O. The lowest BCUT2D eigenvalue weighted by Gasteiger charge is -2.19. The van der Waals surface area contributed by atoms with Crippen LogP contribution < -0.4 is 11.1 Å². The Balaban J connectivity index is 1.70. The van der Waals surface area contributed by atoms with Crippen LogP contribution in [-0.2, 0) is 25.6 Å². The molecule has 2 aromatic rings. The van der Waals surface area contributed by atoms with Crippen molar-refractivity contribution in [3.05, 3.63) is 71.0 Å². The van der Waals surface area contributed by atoms with Gasteiger partial charge in [-0.15, -0.1) is 0 Å². The molecule has 9 nitrogen and oxygen atoms in total. The maximum absolute atomic E-state index is 13.3. The van der Waals surface area contributed by atoms with Crippen LogP contribution in [0.2, 0.25) is 0 Å². The number of carbonyl (C=O) groups is 5. The first-order valence-corrected chi connectivity index (χ1v) is 8.78. The summed E-state index contributed by atoms with van der Waals surface area (Å²) >= 11 is 0. The fourth-order valence-corrected chi connectivity index (χ4v) is 2.88. The Hall–Kier alpha value is -4.08. The number of hydroxylamine groups is 2. The average Bonchev–Trinajstić information content (AvgIpc) is 2.92. The molecule has 1 unspecified atom stereocenters. The van der Waals surface area contributed by atoms with Crippen LogP contribution in [0.25, 0.3) is 0 Å². The molecule has 3 rings (SSSR count). The van der Waals surface area contributed by atoms with Crippen LogP contribution in [0.5, 0.6) is 0 Å². The summed E-state index contributed by atoms with van der Waals surface area (Å²) in [6, 6.07) is 9.58. The second-order valence-corrected chi connectivity index (χ2v) is 6.46. The molecule has 1 heterocycles. The molecule has 0 radical (unpaired) electrons. The van der Waals surface area contributed by atoms with E-state index >= 15 is 0 Å². The standard InChI is InChI=1S/C20H16FN3O6/c21-12-5-3-4-11(8-12)9-17(26)23-15(10-16(22)25)20(29)30-24-18(27)13-6-1-2-7-14(13)19(24)28/h1-8,15H,9-10H2,(H2,22,25)(H,23,26). The second-order valence-electron chi connectivity index (χ2n) is 6.46. The quantitative estimate of drug-likeness (QED) is 0.634. The Morgan fingerprint density at radius 2 is 1.67 bits per heavy atom. The van der Waals surface area contributed by atoms with E-state index < -0.39 is 47.9 Å². The number of rotatable bonds is 7. The van der Waals surface area contributed by atoms with Crippen molar-refractivity contribution in [3.8, 4) is 0 Å². The third-order valence-corrected chi connectivity index (χ3v) is 4.22. The molecule has 1 aliphatic heterocycles. The lowest BCUT2D eigenvalue weighted by atomic mass is 10.1. The number of halogens is 1. The van der Waals surface area contributed by atoms with E-state index in [-0.39, 0.29) is 22.6 Å². The van der Waals surface area contributed by atoms with Crippen LogP contribution in [0.15, 0.2) is 48.5 Å². The van der Waals surface area contributed by atoms with Gasteiger partial charge in [-0.25, -0.2) is 9.18 Å². The average molecular weight is 413 g/mol. The Bertz CT molecular complexity index is 1020. The van der Waals surface area contributed by atoms with E-state index in [1.807, 2.05) is 0 Å². The Labute approximate surface area is 169 Å². The van der Waals surface area contributed by atoms with Crippen LogP contribution >= 0.6 is 0 Å². The molecular formula is C20H16FN3O6. The van der Waals surface area contributed by atoms with Crippen molar-refractivity contribution in [1.29, 1.82) is 0 Å². The smallest absolute Gasteiger partial charge is 0.355 e. The summed E-state index contributed by atoms with van der Waals surface area (Å²) in [6.07, 6.45) is -0.912. The van der Waals surface area contributed by atoms with Crippen molar-refractivity contribution in [2.75, 3.05) is 0 Å². The molecule has 0 bridgehead atoms. The Morgan fingerprint density at radius 1 is 1.03 bits per heavy atom. The Kier molecular flexibility index (Phi) is 5.86. The van der Waals surface area contributed by atoms with Gasteiger partial charge in [0.25, 0.3) is 11.8 Å². The van der Waals surface area contributed by atoms with Gasteiger partial charge in [-0.3, -0.25) is 19.2 Å². The lowest BCUT2D eigenvalue weighted by molar-refractivity contribution is -0.172. The number of imide groups is 1. The predicted octanol–water partition coefficient (Wildman–Crippen LogP) is 0.483. The zero-order chi connectivity index (χ0) is 21.8. The van der Waals surface area contributed by atoms with Gasteiger partial charge in [0, 0.05) is 0 Å². The first-order chi connectivity index (χ1) is 14.3. The fraction of sp³-hybridized carbons (Fsp3) is 0.150. The molecule has 2 aromatic carbocycles. The molecule has 30 heavy (non-hydrogen) atoms. The first-order valence-electron chi connectivity index (χ1n) is 8.78. The summed E-state index contributed by atoms with van der Waals surface area (Å²) in [4.78, 5) is 65.5. The molecule has 0 spiro atoms. The zero-order valence-electron chi connectivity index (χ0n) is 15.5. The van der Waals surface area contributed by atoms with E-state index in [1.165, 1.54) is 42.5 Å². The van der Waals surface area contributed by atoms with Gasteiger partial charge in [0.1, 0.15) is 11.9 Å². The third kappa shape index (κ3) is 4.49. The van der Waals surface area contributed by atoms with Gasteiger partial charge >= 0.3 is 5.97 Å². The van der Waals surface area contributed by atoms with Crippen LogP contribution in [0.3, 0.4) is 0 Å². The van der Waals surface area contributed by atoms with E-state index in [4.69, 9.17) is 10.6 Å². The number of nitrogens with two attached hydrogens (primary N) is 1. The largest absolute Gasteiger partial charge is 0.370 e. The third-order valence-electron chi connectivity index (χ3n) is 4.22. The van der Waals surface area contributed by atoms with Crippen molar-refractivity contribution in [3.63, 3.8) is 0 Å². The summed E-state index contributed by atoms with van der Waals surface area (Å²) in [6.45, 7) is 0. The van der Waals surface area contributed by atoms with Gasteiger partial charge < -0.3 is 15.9 Å². The lowest BCUT2D eigenvalue weighted by Crippen LogP contribution is -2.47. The van der Waals surface area contributed by atoms with Crippen molar-refractivity contribution in [1.82, 2.24) is 10.4 Å². The monoisotopic (exact) mass is 413 g/mol. The summed E-state index contributed by atoms with van der Waals surface area (Å²) < 4.78 is 13.3. The minimum absolute atomic E-state index is 0.0527. The number of nitrogens with one attached hydrogen (secondary N) is 1. The van der Waals surface area contributed by atoms with Crippen molar-refractivity contribution in [2.45, 2.75) is 18.9 Å². The molecule has 0 saturated heterocycles. The van der Waals surface area contributed by atoms with Gasteiger partial charge in [-0.05, 0) is 29.8 Å². The van der Waals surface area contributed by atoms with E-state index in [0.29, 0.717) is 5.56 Å². The molecule has 1 atom stereocenters. The molecule has 0 aliphatic carbocycles. The van der Waals surface area contributed by atoms with Crippen LogP contribution in [0.4, 0.5) is 4.39 Å². The molecule has 0 fully saturated rings. The van der Waals surface area contributed by atoms with Crippen molar-refractivity contribution < 1.29 is 33.2 Å². The highest BCUT2D eigenvalue weighted by atomic mass is 19.1. The maximum atomic E-state index is 13.3. The van der Waals surface area contributed by atoms with Gasteiger partial charge in [0.05, 0.1) is 24.0 Å².